The first-order chi connectivity index (χ1) is 5.65. The van der Waals surface area contributed by atoms with Crippen molar-refractivity contribution in [2.75, 3.05) is 12.8 Å². The Morgan fingerprint density at radius 2 is 2.25 bits per heavy atom. The highest BCUT2D eigenvalue weighted by atomic mass is 16.5. The molecule has 0 fully saturated rings. The summed E-state index contributed by atoms with van der Waals surface area (Å²) in [7, 11) is 1.67. The molecule has 0 aliphatic heterocycles. The Morgan fingerprint density at radius 1 is 1.58 bits per heavy atom. The minimum absolute atomic E-state index is 0.0340. The van der Waals surface area contributed by atoms with E-state index in [-0.39, 0.29) is 6.10 Å². The lowest BCUT2D eigenvalue weighted by molar-refractivity contribution is 0.120. The van der Waals surface area contributed by atoms with Crippen LogP contribution >= 0.6 is 0 Å². The van der Waals surface area contributed by atoms with Crippen molar-refractivity contribution in [1.29, 1.82) is 0 Å². The van der Waals surface area contributed by atoms with Gasteiger partial charge in [-0.3, -0.25) is 4.98 Å². The standard InChI is InChI=1S/C9H14N2O/c1-6-4-8(7(2)12-3)9(10)5-11-6/h4-5,7H,10H2,1-3H3. The molecule has 3 heteroatoms. The maximum atomic E-state index is 5.72. The fourth-order valence-electron chi connectivity index (χ4n) is 1.07. The average molecular weight is 166 g/mol. The third kappa shape index (κ3) is 1.74. The number of nitrogens with zero attached hydrogens (tertiary/aromatic N) is 1. The lowest BCUT2D eigenvalue weighted by atomic mass is 10.1. The molecule has 1 unspecified atom stereocenters. The number of pyridine rings is 1. The number of nitrogens with two attached hydrogens (primary N) is 1. The molecule has 66 valence electrons. The zero-order valence-corrected chi connectivity index (χ0v) is 7.66. The minimum Gasteiger partial charge on any atom is -0.397 e. The molecule has 1 aromatic rings. The van der Waals surface area contributed by atoms with Gasteiger partial charge in [-0.15, -0.1) is 0 Å². The highest BCUT2D eigenvalue weighted by molar-refractivity contribution is 5.46. The van der Waals surface area contributed by atoms with Gasteiger partial charge in [-0.05, 0) is 19.9 Å². The van der Waals surface area contributed by atoms with Crippen LogP contribution in [0.4, 0.5) is 5.69 Å². The van der Waals surface area contributed by atoms with Crippen LogP contribution in [-0.2, 0) is 4.74 Å². The number of aryl methyl sites for hydroxylation is 1. The number of rotatable bonds is 2. The van der Waals surface area contributed by atoms with Gasteiger partial charge >= 0.3 is 0 Å². The summed E-state index contributed by atoms with van der Waals surface area (Å²) in [6, 6.07) is 1.95. The summed E-state index contributed by atoms with van der Waals surface area (Å²) in [5.74, 6) is 0. The van der Waals surface area contributed by atoms with Crippen molar-refractivity contribution in [3.63, 3.8) is 0 Å². The van der Waals surface area contributed by atoms with Crippen LogP contribution in [0.15, 0.2) is 12.3 Å². The van der Waals surface area contributed by atoms with Crippen molar-refractivity contribution in [3.8, 4) is 0 Å². The molecule has 0 aliphatic carbocycles. The SMILES string of the molecule is COC(C)c1cc(C)ncc1N. The second kappa shape index (κ2) is 3.54. The first-order valence-electron chi connectivity index (χ1n) is 3.90. The third-order valence-electron chi connectivity index (χ3n) is 1.90. The lowest BCUT2D eigenvalue weighted by Crippen LogP contribution is -2.02. The van der Waals surface area contributed by atoms with Gasteiger partial charge in [-0.25, -0.2) is 0 Å². The van der Waals surface area contributed by atoms with E-state index in [0.717, 1.165) is 11.3 Å². The zero-order chi connectivity index (χ0) is 9.14. The first-order valence-corrected chi connectivity index (χ1v) is 3.90. The molecule has 0 amide bonds. The minimum atomic E-state index is 0.0340. The Morgan fingerprint density at radius 3 is 2.83 bits per heavy atom. The molecule has 2 N–H and O–H groups in total. The van der Waals surface area contributed by atoms with Crippen molar-refractivity contribution in [3.05, 3.63) is 23.5 Å². The van der Waals surface area contributed by atoms with Crippen molar-refractivity contribution >= 4 is 5.69 Å². The summed E-state index contributed by atoms with van der Waals surface area (Å²) >= 11 is 0. The van der Waals surface area contributed by atoms with E-state index in [4.69, 9.17) is 10.5 Å². The molecule has 0 aromatic carbocycles. The first kappa shape index (κ1) is 9.00. The Bertz CT molecular complexity index is 273. The number of ether oxygens (including phenoxy) is 1. The number of methoxy groups -OCH3 is 1. The Labute approximate surface area is 72.6 Å². The van der Waals surface area contributed by atoms with E-state index in [1.165, 1.54) is 0 Å². The van der Waals surface area contributed by atoms with E-state index in [9.17, 15) is 0 Å². The van der Waals surface area contributed by atoms with Gasteiger partial charge in [0.05, 0.1) is 18.0 Å². The number of nitrogen functional groups attached to an aromatic ring is 1. The number of aromatic nitrogens is 1. The van der Waals surface area contributed by atoms with Crippen molar-refractivity contribution < 1.29 is 4.74 Å². The highest BCUT2D eigenvalue weighted by Crippen LogP contribution is 2.21. The Kier molecular flexibility index (Phi) is 2.65. The molecule has 3 nitrogen and oxygen atoms in total. The topological polar surface area (TPSA) is 48.1 Å². The molecule has 12 heavy (non-hydrogen) atoms. The van der Waals surface area contributed by atoms with Crippen LogP contribution in [0.3, 0.4) is 0 Å². The Balaban J connectivity index is 3.04. The van der Waals surface area contributed by atoms with E-state index in [1.54, 1.807) is 13.3 Å². The van der Waals surface area contributed by atoms with Crippen LogP contribution in [0.2, 0.25) is 0 Å². The maximum Gasteiger partial charge on any atom is 0.0814 e. The smallest absolute Gasteiger partial charge is 0.0814 e. The number of anilines is 1. The molecule has 0 bridgehead atoms. The van der Waals surface area contributed by atoms with Crippen molar-refractivity contribution in [2.24, 2.45) is 0 Å². The Hall–Kier alpha value is -1.09. The molecule has 0 spiro atoms. The van der Waals surface area contributed by atoms with Crippen LogP contribution in [0.5, 0.6) is 0 Å². The monoisotopic (exact) mass is 166 g/mol. The molecule has 0 saturated heterocycles. The summed E-state index contributed by atoms with van der Waals surface area (Å²) < 4.78 is 5.16. The molecular formula is C9H14N2O. The summed E-state index contributed by atoms with van der Waals surface area (Å²) in [4.78, 5) is 4.08. The van der Waals surface area contributed by atoms with Crippen LogP contribution in [0.1, 0.15) is 24.3 Å². The lowest BCUT2D eigenvalue weighted by Gasteiger charge is -2.12. The molecular weight excluding hydrogens is 152 g/mol. The third-order valence-corrected chi connectivity index (χ3v) is 1.90. The molecule has 0 saturated carbocycles. The normalized spacial score (nSPS) is 12.9. The second-order valence-corrected chi connectivity index (χ2v) is 2.83. The van der Waals surface area contributed by atoms with Gasteiger partial charge in [0.2, 0.25) is 0 Å². The van der Waals surface area contributed by atoms with Gasteiger partial charge in [0, 0.05) is 18.4 Å². The summed E-state index contributed by atoms with van der Waals surface area (Å²) in [5.41, 5.74) is 8.38. The summed E-state index contributed by atoms with van der Waals surface area (Å²) in [6.45, 7) is 3.90. The van der Waals surface area contributed by atoms with Gasteiger partial charge in [0.15, 0.2) is 0 Å². The quantitative estimate of drug-likeness (QED) is 0.727. The van der Waals surface area contributed by atoms with Gasteiger partial charge in [-0.1, -0.05) is 0 Å². The van der Waals surface area contributed by atoms with E-state index in [2.05, 4.69) is 4.98 Å². The molecule has 1 aromatic heterocycles. The predicted octanol–water partition coefficient (Wildman–Crippen LogP) is 1.68. The van der Waals surface area contributed by atoms with Crippen molar-refractivity contribution in [1.82, 2.24) is 4.98 Å². The van der Waals surface area contributed by atoms with E-state index in [1.807, 2.05) is 19.9 Å². The molecule has 1 atom stereocenters. The van der Waals surface area contributed by atoms with Crippen LogP contribution < -0.4 is 5.73 Å². The molecule has 1 heterocycles. The van der Waals surface area contributed by atoms with E-state index >= 15 is 0 Å². The fourth-order valence-corrected chi connectivity index (χ4v) is 1.07. The molecule has 0 aliphatic rings. The average Bonchev–Trinajstić information content (AvgIpc) is 2.08. The number of hydrogen-bond donors (Lipinski definition) is 1. The summed E-state index contributed by atoms with van der Waals surface area (Å²) in [5, 5.41) is 0. The van der Waals surface area contributed by atoms with Crippen LogP contribution in [-0.4, -0.2) is 12.1 Å². The maximum absolute atomic E-state index is 5.72. The van der Waals surface area contributed by atoms with Gasteiger partial charge in [0.1, 0.15) is 0 Å². The molecule has 0 radical (unpaired) electrons. The highest BCUT2D eigenvalue weighted by Gasteiger charge is 2.07. The predicted molar refractivity (Wildman–Crippen MR) is 48.8 cm³/mol. The second-order valence-electron chi connectivity index (χ2n) is 2.83. The largest absolute Gasteiger partial charge is 0.397 e. The van der Waals surface area contributed by atoms with E-state index in [0.29, 0.717) is 5.69 Å². The fraction of sp³-hybridized carbons (Fsp3) is 0.444. The van der Waals surface area contributed by atoms with Gasteiger partial charge < -0.3 is 10.5 Å². The summed E-state index contributed by atoms with van der Waals surface area (Å²) in [6.07, 6.45) is 1.70. The van der Waals surface area contributed by atoms with Crippen molar-refractivity contribution in [2.45, 2.75) is 20.0 Å². The zero-order valence-electron chi connectivity index (χ0n) is 7.66. The van der Waals surface area contributed by atoms with Crippen LogP contribution in [0, 0.1) is 6.92 Å². The van der Waals surface area contributed by atoms with E-state index < -0.39 is 0 Å². The molecule has 1 rings (SSSR count). The van der Waals surface area contributed by atoms with Gasteiger partial charge in [-0.2, -0.15) is 0 Å². The van der Waals surface area contributed by atoms with Crippen LogP contribution in [0.25, 0.3) is 0 Å². The van der Waals surface area contributed by atoms with Gasteiger partial charge in [0.25, 0.3) is 0 Å². The number of hydrogen-bond acceptors (Lipinski definition) is 3.